The molecule has 0 spiro atoms. The standard InChI is InChI=1S/C13H24N6/c1-9-12(17-14)15-10(2)16-13(9)19-7-5-11(6-8-19)18(3)4/h11H,5-8,14H2,1-4H3,(H,15,16,17). The third-order valence-corrected chi connectivity index (χ3v) is 3.86. The highest BCUT2D eigenvalue weighted by molar-refractivity contribution is 5.58. The van der Waals surface area contributed by atoms with Crippen LogP contribution in [-0.4, -0.2) is 48.1 Å². The van der Waals surface area contributed by atoms with E-state index in [-0.39, 0.29) is 0 Å². The Morgan fingerprint density at radius 3 is 2.37 bits per heavy atom. The van der Waals surface area contributed by atoms with E-state index in [0.717, 1.165) is 36.1 Å². The molecule has 0 amide bonds. The molecular formula is C13H24N6. The Balaban J connectivity index is 2.17. The molecule has 0 atom stereocenters. The molecule has 1 saturated heterocycles. The molecule has 19 heavy (non-hydrogen) atoms. The maximum atomic E-state index is 5.51. The number of nitrogens with one attached hydrogen (secondary N) is 1. The lowest BCUT2D eigenvalue weighted by Gasteiger charge is -2.36. The van der Waals surface area contributed by atoms with E-state index in [9.17, 15) is 0 Å². The number of anilines is 2. The van der Waals surface area contributed by atoms with E-state index in [2.05, 4.69) is 39.3 Å². The first-order valence-corrected chi connectivity index (χ1v) is 6.76. The molecule has 6 heteroatoms. The van der Waals surface area contributed by atoms with Crippen molar-refractivity contribution in [2.45, 2.75) is 32.7 Å². The topological polar surface area (TPSA) is 70.3 Å². The van der Waals surface area contributed by atoms with Gasteiger partial charge in [0.2, 0.25) is 0 Å². The molecule has 1 aromatic heterocycles. The number of hydrogen-bond acceptors (Lipinski definition) is 6. The average molecular weight is 264 g/mol. The Morgan fingerprint density at radius 1 is 1.21 bits per heavy atom. The van der Waals surface area contributed by atoms with Crippen LogP contribution in [0.1, 0.15) is 24.2 Å². The number of rotatable bonds is 3. The molecule has 0 saturated carbocycles. The van der Waals surface area contributed by atoms with E-state index in [1.165, 1.54) is 12.8 Å². The lowest BCUT2D eigenvalue weighted by Crippen LogP contribution is -2.42. The van der Waals surface area contributed by atoms with Gasteiger partial charge in [0.15, 0.2) is 0 Å². The fourth-order valence-corrected chi connectivity index (χ4v) is 2.66. The molecule has 106 valence electrons. The number of nitrogen functional groups attached to an aromatic ring is 1. The molecule has 0 bridgehead atoms. The van der Waals surface area contributed by atoms with Gasteiger partial charge in [0, 0.05) is 24.7 Å². The highest BCUT2D eigenvalue weighted by atomic mass is 15.3. The highest BCUT2D eigenvalue weighted by Gasteiger charge is 2.23. The quantitative estimate of drug-likeness (QED) is 0.624. The Kier molecular flexibility index (Phi) is 4.21. The summed E-state index contributed by atoms with van der Waals surface area (Å²) in [7, 11) is 4.30. The second-order valence-corrected chi connectivity index (χ2v) is 5.39. The van der Waals surface area contributed by atoms with Crippen molar-refractivity contribution in [3.63, 3.8) is 0 Å². The summed E-state index contributed by atoms with van der Waals surface area (Å²) < 4.78 is 0. The van der Waals surface area contributed by atoms with Crippen molar-refractivity contribution >= 4 is 11.6 Å². The van der Waals surface area contributed by atoms with Crippen LogP contribution in [0.4, 0.5) is 11.6 Å². The summed E-state index contributed by atoms with van der Waals surface area (Å²) in [5, 5.41) is 0. The SMILES string of the molecule is Cc1nc(NN)c(C)c(N2CCC(N(C)C)CC2)n1. The number of hydrazine groups is 1. The van der Waals surface area contributed by atoms with Crippen LogP contribution in [0.3, 0.4) is 0 Å². The third-order valence-electron chi connectivity index (χ3n) is 3.86. The normalized spacial score (nSPS) is 17.1. The van der Waals surface area contributed by atoms with Gasteiger partial charge in [0.05, 0.1) is 0 Å². The van der Waals surface area contributed by atoms with Crippen molar-refractivity contribution in [2.24, 2.45) is 5.84 Å². The number of nitrogens with zero attached hydrogens (tertiary/aromatic N) is 4. The molecule has 3 N–H and O–H groups in total. The predicted molar refractivity (Wildman–Crippen MR) is 78.2 cm³/mol. The monoisotopic (exact) mass is 264 g/mol. The van der Waals surface area contributed by atoms with Crippen molar-refractivity contribution < 1.29 is 0 Å². The Hall–Kier alpha value is -1.40. The lowest BCUT2D eigenvalue weighted by molar-refractivity contribution is 0.249. The lowest BCUT2D eigenvalue weighted by atomic mass is 10.0. The van der Waals surface area contributed by atoms with Gasteiger partial charge in [-0.1, -0.05) is 0 Å². The minimum Gasteiger partial charge on any atom is -0.356 e. The number of nitrogens with two attached hydrogens (primary N) is 1. The van der Waals surface area contributed by atoms with E-state index in [4.69, 9.17) is 5.84 Å². The van der Waals surface area contributed by atoms with Crippen LogP contribution in [0, 0.1) is 13.8 Å². The van der Waals surface area contributed by atoms with Gasteiger partial charge in [-0.05, 0) is 40.8 Å². The summed E-state index contributed by atoms with van der Waals surface area (Å²) in [4.78, 5) is 13.5. The van der Waals surface area contributed by atoms with E-state index in [1.54, 1.807) is 0 Å². The Morgan fingerprint density at radius 2 is 1.84 bits per heavy atom. The maximum absolute atomic E-state index is 5.51. The van der Waals surface area contributed by atoms with Crippen LogP contribution in [0.25, 0.3) is 0 Å². The molecule has 6 nitrogen and oxygen atoms in total. The molecule has 0 aliphatic carbocycles. The van der Waals surface area contributed by atoms with Gasteiger partial charge in [-0.15, -0.1) is 0 Å². The van der Waals surface area contributed by atoms with E-state index >= 15 is 0 Å². The molecule has 1 aromatic rings. The summed E-state index contributed by atoms with van der Waals surface area (Å²) >= 11 is 0. The molecule has 1 fully saturated rings. The predicted octanol–water partition coefficient (Wildman–Crippen LogP) is 0.909. The summed E-state index contributed by atoms with van der Waals surface area (Å²) in [5.41, 5.74) is 3.68. The fourth-order valence-electron chi connectivity index (χ4n) is 2.66. The number of aromatic nitrogens is 2. The highest BCUT2D eigenvalue weighted by Crippen LogP contribution is 2.26. The van der Waals surface area contributed by atoms with Crippen molar-refractivity contribution in [2.75, 3.05) is 37.5 Å². The zero-order valence-electron chi connectivity index (χ0n) is 12.3. The van der Waals surface area contributed by atoms with Crippen LogP contribution >= 0.6 is 0 Å². The van der Waals surface area contributed by atoms with Crippen molar-refractivity contribution in [1.82, 2.24) is 14.9 Å². The van der Waals surface area contributed by atoms with E-state index in [1.807, 2.05) is 13.8 Å². The molecule has 0 aromatic carbocycles. The molecule has 0 unspecified atom stereocenters. The van der Waals surface area contributed by atoms with Crippen LogP contribution < -0.4 is 16.2 Å². The maximum Gasteiger partial charge on any atom is 0.148 e. The van der Waals surface area contributed by atoms with Gasteiger partial charge in [-0.2, -0.15) is 0 Å². The van der Waals surface area contributed by atoms with Crippen LogP contribution in [-0.2, 0) is 0 Å². The van der Waals surface area contributed by atoms with Gasteiger partial charge in [0.25, 0.3) is 0 Å². The first-order chi connectivity index (χ1) is 9.02. The van der Waals surface area contributed by atoms with E-state index in [0.29, 0.717) is 6.04 Å². The second kappa shape index (κ2) is 5.71. The van der Waals surface area contributed by atoms with Crippen molar-refractivity contribution in [3.05, 3.63) is 11.4 Å². The molecule has 1 aliphatic heterocycles. The number of hydrogen-bond donors (Lipinski definition) is 2. The Bertz CT molecular complexity index is 437. The summed E-state index contributed by atoms with van der Waals surface area (Å²) in [6.45, 7) is 5.98. The molecule has 0 radical (unpaired) electrons. The van der Waals surface area contributed by atoms with Gasteiger partial charge >= 0.3 is 0 Å². The molecule has 2 heterocycles. The zero-order chi connectivity index (χ0) is 14.0. The fraction of sp³-hybridized carbons (Fsp3) is 0.692. The largest absolute Gasteiger partial charge is 0.356 e. The summed E-state index contributed by atoms with van der Waals surface area (Å²) in [6, 6.07) is 0.673. The average Bonchev–Trinajstić information content (AvgIpc) is 2.41. The molecule has 2 rings (SSSR count). The van der Waals surface area contributed by atoms with Crippen LogP contribution in [0.15, 0.2) is 0 Å². The minimum absolute atomic E-state index is 0.673. The first kappa shape index (κ1) is 14.0. The van der Waals surface area contributed by atoms with Gasteiger partial charge in [-0.3, -0.25) is 0 Å². The van der Waals surface area contributed by atoms with Crippen molar-refractivity contribution in [1.29, 1.82) is 0 Å². The Labute approximate surface area is 115 Å². The summed E-state index contributed by atoms with van der Waals surface area (Å²) in [6.07, 6.45) is 2.34. The zero-order valence-corrected chi connectivity index (χ0v) is 12.3. The third kappa shape index (κ3) is 2.96. The van der Waals surface area contributed by atoms with Gasteiger partial charge in [0.1, 0.15) is 17.5 Å². The number of piperidine rings is 1. The van der Waals surface area contributed by atoms with Gasteiger partial charge in [-0.25, -0.2) is 15.8 Å². The van der Waals surface area contributed by atoms with E-state index < -0.39 is 0 Å². The van der Waals surface area contributed by atoms with Crippen molar-refractivity contribution in [3.8, 4) is 0 Å². The number of aryl methyl sites for hydroxylation is 1. The smallest absolute Gasteiger partial charge is 0.148 e. The van der Waals surface area contributed by atoms with Crippen LogP contribution in [0.5, 0.6) is 0 Å². The summed E-state index contributed by atoms with van der Waals surface area (Å²) in [5.74, 6) is 8.00. The first-order valence-electron chi connectivity index (χ1n) is 6.76. The van der Waals surface area contributed by atoms with Gasteiger partial charge < -0.3 is 15.2 Å². The second-order valence-electron chi connectivity index (χ2n) is 5.39. The van der Waals surface area contributed by atoms with Crippen LogP contribution in [0.2, 0.25) is 0 Å². The molecule has 1 aliphatic rings. The minimum atomic E-state index is 0.673. The molecular weight excluding hydrogens is 240 g/mol.